The van der Waals surface area contributed by atoms with Crippen molar-refractivity contribution in [2.75, 3.05) is 5.32 Å². The zero-order valence-corrected chi connectivity index (χ0v) is 15.6. The SMILES string of the molecule is Cc1ccc(C(=O)Nc2cnn(COc3ccc(Br)cc3)c2)c(C)c1. The quantitative estimate of drug-likeness (QED) is 0.684. The molecule has 0 saturated carbocycles. The Hall–Kier alpha value is -2.60. The normalized spacial score (nSPS) is 10.5. The van der Waals surface area contributed by atoms with Gasteiger partial charge in [-0.1, -0.05) is 33.6 Å². The van der Waals surface area contributed by atoms with Crippen molar-refractivity contribution in [1.29, 1.82) is 0 Å². The lowest BCUT2D eigenvalue weighted by Gasteiger charge is -2.07. The van der Waals surface area contributed by atoms with Crippen molar-refractivity contribution < 1.29 is 9.53 Å². The molecule has 25 heavy (non-hydrogen) atoms. The number of halogens is 1. The summed E-state index contributed by atoms with van der Waals surface area (Å²) in [5.74, 6) is 0.602. The van der Waals surface area contributed by atoms with E-state index in [1.807, 2.05) is 56.3 Å². The Kier molecular flexibility index (Phi) is 5.19. The van der Waals surface area contributed by atoms with Crippen LogP contribution in [0.3, 0.4) is 0 Å². The van der Waals surface area contributed by atoms with Gasteiger partial charge in [-0.2, -0.15) is 5.10 Å². The maximum Gasteiger partial charge on any atom is 0.256 e. The van der Waals surface area contributed by atoms with Gasteiger partial charge in [0.15, 0.2) is 6.73 Å². The highest BCUT2D eigenvalue weighted by Gasteiger charge is 2.10. The number of rotatable bonds is 5. The predicted molar refractivity (Wildman–Crippen MR) is 101 cm³/mol. The van der Waals surface area contributed by atoms with E-state index in [1.165, 1.54) is 0 Å². The Balaban J connectivity index is 1.61. The third-order valence-corrected chi connectivity index (χ3v) is 4.22. The summed E-state index contributed by atoms with van der Waals surface area (Å²) in [7, 11) is 0. The summed E-state index contributed by atoms with van der Waals surface area (Å²) in [6.07, 6.45) is 3.34. The Labute approximate surface area is 154 Å². The highest BCUT2D eigenvalue weighted by molar-refractivity contribution is 9.10. The second-order valence-electron chi connectivity index (χ2n) is 5.77. The van der Waals surface area contributed by atoms with Crippen LogP contribution in [0.5, 0.6) is 5.75 Å². The third-order valence-electron chi connectivity index (χ3n) is 3.69. The van der Waals surface area contributed by atoms with Crippen LogP contribution in [-0.4, -0.2) is 15.7 Å². The molecule has 128 valence electrons. The molecule has 3 aromatic rings. The molecule has 2 aromatic carbocycles. The molecule has 1 N–H and O–H groups in total. The van der Waals surface area contributed by atoms with Crippen LogP contribution in [0.15, 0.2) is 59.3 Å². The minimum Gasteiger partial charge on any atom is -0.471 e. The number of amides is 1. The lowest BCUT2D eigenvalue weighted by Crippen LogP contribution is -2.13. The summed E-state index contributed by atoms with van der Waals surface area (Å²) in [6.45, 7) is 4.20. The van der Waals surface area contributed by atoms with Gasteiger partial charge < -0.3 is 10.1 Å². The van der Waals surface area contributed by atoms with E-state index in [4.69, 9.17) is 4.74 Å². The molecule has 0 aliphatic carbocycles. The first-order valence-electron chi connectivity index (χ1n) is 7.81. The third kappa shape index (κ3) is 4.48. The van der Waals surface area contributed by atoms with Crippen molar-refractivity contribution >= 4 is 27.5 Å². The van der Waals surface area contributed by atoms with Crippen LogP contribution < -0.4 is 10.1 Å². The molecule has 0 radical (unpaired) electrons. The van der Waals surface area contributed by atoms with Crippen molar-refractivity contribution in [3.63, 3.8) is 0 Å². The molecule has 0 saturated heterocycles. The maximum absolute atomic E-state index is 12.4. The fourth-order valence-corrected chi connectivity index (χ4v) is 2.70. The molecule has 0 fully saturated rings. The average molecular weight is 400 g/mol. The summed E-state index contributed by atoms with van der Waals surface area (Å²) in [4.78, 5) is 12.4. The van der Waals surface area contributed by atoms with Crippen molar-refractivity contribution in [3.05, 3.63) is 76.0 Å². The highest BCUT2D eigenvalue weighted by atomic mass is 79.9. The van der Waals surface area contributed by atoms with E-state index >= 15 is 0 Å². The van der Waals surface area contributed by atoms with E-state index in [-0.39, 0.29) is 12.6 Å². The lowest BCUT2D eigenvalue weighted by atomic mass is 10.1. The second kappa shape index (κ2) is 7.53. The molecular weight excluding hydrogens is 382 g/mol. The molecule has 0 atom stereocenters. The summed E-state index contributed by atoms with van der Waals surface area (Å²) >= 11 is 3.38. The number of hydrogen-bond donors (Lipinski definition) is 1. The van der Waals surface area contributed by atoms with E-state index in [0.717, 1.165) is 21.3 Å². The van der Waals surface area contributed by atoms with Gasteiger partial charge in [0, 0.05) is 10.0 Å². The lowest BCUT2D eigenvalue weighted by molar-refractivity contribution is 0.102. The number of nitrogens with zero attached hydrogens (tertiary/aromatic N) is 2. The molecule has 3 rings (SSSR count). The van der Waals surface area contributed by atoms with Crippen LogP contribution in [0.2, 0.25) is 0 Å². The molecule has 0 aliphatic rings. The number of anilines is 1. The zero-order valence-electron chi connectivity index (χ0n) is 14.0. The van der Waals surface area contributed by atoms with Crippen LogP contribution in [-0.2, 0) is 6.73 Å². The van der Waals surface area contributed by atoms with E-state index in [9.17, 15) is 4.79 Å². The Morgan fingerprint density at radius 1 is 1.20 bits per heavy atom. The van der Waals surface area contributed by atoms with Gasteiger partial charge in [0.2, 0.25) is 0 Å². The summed E-state index contributed by atoms with van der Waals surface area (Å²) < 4.78 is 8.27. The maximum atomic E-state index is 12.4. The molecule has 6 heteroatoms. The Bertz CT molecular complexity index is 888. The van der Waals surface area contributed by atoms with Crippen LogP contribution >= 0.6 is 15.9 Å². The van der Waals surface area contributed by atoms with Gasteiger partial charge in [0.25, 0.3) is 5.91 Å². The molecule has 1 aromatic heterocycles. The summed E-state index contributed by atoms with van der Waals surface area (Å²) in [5.41, 5.74) is 3.37. The monoisotopic (exact) mass is 399 g/mol. The predicted octanol–water partition coefficient (Wildman–Crippen LogP) is 4.55. The minimum atomic E-state index is -0.147. The number of aryl methyl sites for hydroxylation is 2. The molecule has 1 amide bonds. The molecule has 0 aliphatic heterocycles. The van der Waals surface area contributed by atoms with Crippen LogP contribution in [0.25, 0.3) is 0 Å². The fraction of sp³-hybridized carbons (Fsp3) is 0.158. The number of hydrogen-bond acceptors (Lipinski definition) is 3. The first kappa shape index (κ1) is 17.2. The largest absolute Gasteiger partial charge is 0.471 e. The first-order chi connectivity index (χ1) is 12.0. The Morgan fingerprint density at radius 2 is 1.96 bits per heavy atom. The molecular formula is C19H18BrN3O2. The van der Waals surface area contributed by atoms with Gasteiger partial charge in [-0.15, -0.1) is 0 Å². The van der Waals surface area contributed by atoms with E-state index in [2.05, 4.69) is 26.3 Å². The first-order valence-corrected chi connectivity index (χ1v) is 8.60. The van der Waals surface area contributed by atoms with Gasteiger partial charge in [-0.3, -0.25) is 4.79 Å². The van der Waals surface area contributed by atoms with E-state index in [0.29, 0.717) is 11.3 Å². The smallest absolute Gasteiger partial charge is 0.256 e. The molecule has 0 bridgehead atoms. The van der Waals surface area contributed by atoms with E-state index < -0.39 is 0 Å². The number of aromatic nitrogens is 2. The number of carbonyl (C=O) groups is 1. The topological polar surface area (TPSA) is 56.2 Å². The number of benzene rings is 2. The van der Waals surface area contributed by atoms with Crippen LogP contribution in [0, 0.1) is 13.8 Å². The number of carbonyl (C=O) groups excluding carboxylic acids is 1. The fourth-order valence-electron chi connectivity index (χ4n) is 2.44. The van der Waals surface area contributed by atoms with Crippen molar-refractivity contribution in [3.8, 4) is 5.75 Å². The van der Waals surface area contributed by atoms with Gasteiger partial charge in [-0.05, 0) is 49.7 Å². The second-order valence-corrected chi connectivity index (χ2v) is 6.68. The van der Waals surface area contributed by atoms with Crippen molar-refractivity contribution in [2.45, 2.75) is 20.6 Å². The van der Waals surface area contributed by atoms with Gasteiger partial charge in [0.05, 0.1) is 18.1 Å². The highest BCUT2D eigenvalue weighted by Crippen LogP contribution is 2.17. The number of nitrogens with one attached hydrogen (secondary N) is 1. The molecule has 5 nitrogen and oxygen atoms in total. The number of ether oxygens (including phenoxy) is 1. The standard InChI is InChI=1S/C19H18BrN3O2/c1-13-3-8-18(14(2)9-13)19(24)22-16-10-21-23(11-16)12-25-17-6-4-15(20)5-7-17/h3-11H,12H2,1-2H3,(H,22,24). The molecule has 1 heterocycles. The summed E-state index contributed by atoms with van der Waals surface area (Å²) in [5, 5.41) is 7.06. The van der Waals surface area contributed by atoms with Crippen LogP contribution in [0.4, 0.5) is 5.69 Å². The van der Waals surface area contributed by atoms with Gasteiger partial charge in [0.1, 0.15) is 5.75 Å². The van der Waals surface area contributed by atoms with Gasteiger partial charge in [-0.25, -0.2) is 4.68 Å². The molecule has 0 unspecified atom stereocenters. The van der Waals surface area contributed by atoms with Crippen molar-refractivity contribution in [1.82, 2.24) is 9.78 Å². The molecule has 0 spiro atoms. The van der Waals surface area contributed by atoms with E-state index in [1.54, 1.807) is 17.1 Å². The minimum absolute atomic E-state index is 0.147. The summed E-state index contributed by atoms with van der Waals surface area (Å²) in [6, 6.07) is 13.3. The average Bonchev–Trinajstić information content (AvgIpc) is 3.01. The Morgan fingerprint density at radius 3 is 2.68 bits per heavy atom. The zero-order chi connectivity index (χ0) is 17.8. The van der Waals surface area contributed by atoms with Crippen LogP contribution in [0.1, 0.15) is 21.5 Å². The van der Waals surface area contributed by atoms with Gasteiger partial charge >= 0.3 is 0 Å². The van der Waals surface area contributed by atoms with Crippen molar-refractivity contribution in [2.24, 2.45) is 0 Å².